The van der Waals surface area contributed by atoms with E-state index in [0.29, 0.717) is 25.3 Å². The van der Waals surface area contributed by atoms with Crippen LogP contribution in [0.2, 0.25) is 0 Å². The largest absolute Gasteiger partial charge is 0.382 e. The molecule has 1 aromatic heterocycles. The Morgan fingerprint density at radius 3 is 2.96 bits per heavy atom. The zero-order chi connectivity index (χ0) is 18.6. The maximum Gasteiger partial charge on any atom is 0.254 e. The van der Waals surface area contributed by atoms with Crippen molar-refractivity contribution in [1.82, 2.24) is 15.2 Å². The van der Waals surface area contributed by atoms with Crippen LogP contribution in [0.4, 0.5) is 0 Å². The van der Waals surface area contributed by atoms with Crippen LogP contribution < -0.4 is 5.32 Å². The number of rotatable bonds is 5. The molecule has 7 nitrogen and oxygen atoms in total. The van der Waals surface area contributed by atoms with Gasteiger partial charge < -0.3 is 19.7 Å². The van der Waals surface area contributed by atoms with E-state index in [0.717, 1.165) is 10.9 Å². The van der Waals surface area contributed by atoms with Crippen molar-refractivity contribution in [3.8, 4) is 0 Å². The zero-order valence-electron chi connectivity index (χ0n) is 15.0. The molecule has 2 amide bonds. The second-order valence-corrected chi connectivity index (χ2v) is 6.42. The molecular formula is C19H23N3O4. The van der Waals surface area contributed by atoms with Crippen molar-refractivity contribution < 1.29 is 19.1 Å². The van der Waals surface area contributed by atoms with E-state index in [1.165, 1.54) is 0 Å². The predicted molar refractivity (Wildman–Crippen MR) is 96.9 cm³/mol. The van der Waals surface area contributed by atoms with E-state index in [1.54, 1.807) is 31.3 Å². The van der Waals surface area contributed by atoms with E-state index in [1.807, 2.05) is 24.3 Å². The molecule has 1 aliphatic rings. The third kappa shape index (κ3) is 3.68. The van der Waals surface area contributed by atoms with E-state index in [4.69, 9.17) is 9.47 Å². The van der Waals surface area contributed by atoms with Crippen molar-refractivity contribution in [2.24, 2.45) is 0 Å². The Bertz CT molecular complexity index is 801. The molecule has 1 unspecified atom stereocenters. The molecule has 2 heterocycles. The summed E-state index contributed by atoms with van der Waals surface area (Å²) in [5.41, 5.74) is 0.537. The van der Waals surface area contributed by atoms with Gasteiger partial charge in [-0.2, -0.15) is 0 Å². The highest BCUT2D eigenvalue weighted by Crippen LogP contribution is 2.26. The summed E-state index contributed by atoms with van der Waals surface area (Å²) in [5.74, 6) is -0.241. The van der Waals surface area contributed by atoms with Gasteiger partial charge in [-0.15, -0.1) is 0 Å². The Morgan fingerprint density at radius 1 is 1.35 bits per heavy atom. The van der Waals surface area contributed by atoms with Gasteiger partial charge in [0.2, 0.25) is 5.91 Å². The molecule has 1 fully saturated rings. The third-order valence-electron chi connectivity index (χ3n) is 4.58. The number of carbonyl (C=O) groups excluding carboxylic acids is 2. The maximum absolute atomic E-state index is 13.2. The fourth-order valence-electron chi connectivity index (χ4n) is 3.37. The van der Waals surface area contributed by atoms with Crippen LogP contribution >= 0.6 is 0 Å². The Balaban J connectivity index is 1.88. The molecule has 1 saturated heterocycles. The lowest BCUT2D eigenvalue weighted by molar-refractivity contribution is -0.150. The van der Waals surface area contributed by atoms with E-state index in [-0.39, 0.29) is 24.8 Å². The number of fused-ring (bicyclic) bond motifs is 1. The molecule has 0 aliphatic carbocycles. The Hall–Kier alpha value is -2.51. The SMILES string of the molecule is CNC(=O)CC1(COC)CN(C(=O)c2cccc3ncccc23)CCO1. The van der Waals surface area contributed by atoms with Crippen LogP contribution in [-0.2, 0) is 14.3 Å². The topological polar surface area (TPSA) is 80.8 Å². The summed E-state index contributed by atoms with van der Waals surface area (Å²) < 4.78 is 11.2. The van der Waals surface area contributed by atoms with Gasteiger partial charge in [-0.05, 0) is 18.2 Å². The van der Waals surface area contributed by atoms with Gasteiger partial charge in [0.15, 0.2) is 0 Å². The van der Waals surface area contributed by atoms with Crippen molar-refractivity contribution in [1.29, 1.82) is 0 Å². The van der Waals surface area contributed by atoms with Gasteiger partial charge in [-0.3, -0.25) is 14.6 Å². The number of aromatic nitrogens is 1. The molecule has 2 aromatic rings. The van der Waals surface area contributed by atoms with E-state index in [9.17, 15) is 9.59 Å². The number of morpholine rings is 1. The molecule has 1 N–H and O–H groups in total. The van der Waals surface area contributed by atoms with E-state index < -0.39 is 5.60 Å². The van der Waals surface area contributed by atoms with E-state index in [2.05, 4.69) is 10.3 Å². The highest BCUT2D eigenvalue weighted by molar-refractivity contribution is 6.06. The van der Waals surface area contributed by atoms with Crippen LogP contribution in [0.15, 0.2) is 36.5 Å². The Kier molecular flexibility index (Phi) is 5.49. The lowest BCUT2D eigenvalue weighted by Gasteiger charge is -2.42. The third-order valence-corrected chi connectivity index (χ3v) is 4.58. The molecule has 0 spiro atoms. The summed E-state index contributed by atoms with van der Waals surface area (Å²) in [7, 11) is 3.14. The van der Waals surface area contributed by atoms with E-state index >= 15 is 0 Å². The average Bonchev–Trinajstić information content (AvgIpc) is 2.67. The van der Waals surface area contributed by atoms with Gasteiger partial charge in [0.05, 0.1) is 31.7 Å². The fourth-order valence-corrected chi connectivity index (χ4v) is 3.37. The first kappa shape index (κ1) is 18.3. The van der Waals surface area contributed by atoms with Crippen molar-refractivity contribution in [2.45, 2.75) is 12.0 Å². The minimum absolute atomic E-state index is 0.0933. The second-order valence-electron chi connectivity index (χ2n) is 6.42. The van der Waals surface area contributed by atoms with Crippen LogP contribution in [0, 0.1) is 0 Å². The monoisotopic (exact) mass is 357 g/mol. The first-order valence-electron chi connectivity index (χ1n) is 8.55. The van der Waals surface area contributed by atoms with Crippen LogP contribution in [0.3, 0.4) is 0 Å². The molecule has 3 rings (SSSR count). The average molecular weight is 357 g/mol. The molecule has 7 heteroatoms. The smallest absolute Gasteiger partial charge is 0.254 e. The van der Waals surface area contributed by atoms with Crippen LogP contribution in [0.5, 0.6) is 0 Å². The summed E-state index contributed by atoms with van der Waals surface area (Å²) in [6, 6.07) is 9.23. The number of pyridine rings is 1. The number of nitrogens with one attached hydrogen (secondary N) is 1. The minimum Gasteiger partial charge on any atom is -0.382 e. The lowest BCUT2D eigenvalue weighted by atomic mass is 9.96. The van der Waals surface area contributed by atoms with Crippen molar-refractivity contribution >= 4 is 22.7 Å². The normalized spacial score (nSPS) is 20.2. The number of amides is 2. The minimum atomic E-state index is -0.842. The number of benzene rings is 1. The summed E-state index contributed by atoms with van der Waals surface area (Å²) in [5, 5.41) is 3.42. The molecule has 1 aliphatic heterocycles. The number of hydrogen-bond acceptors (Lipinski definition) is 5. The molecule has 138 valence electrons. The fraction of sp³-hybridized carbons (Fsp3) is 0.421. The molecule has 0 bridgehead atoms. The van der Waals surface area contributed by atoms with Gasteiger partial charge in [0, 0.05) is 37.8 Å². The number of carbonyl (C=O) groups is 2. The molecular weight excluding hydrogens is 334 g/mol. The maximum atomic E-state index is 13.2. The first-order valence-corrected chi connectivity index (χ1v) is 8.55. The van der Waals surface area contributed by atoms with Crippen molar-refractivity contribution in [3.05, 3.63) is 42.1 Å². The van der Waals surface area contributed by atoms with Crippen LogP contribution in [0.25, 0.3) is 10.9 Å². The quantitative estimate of drug-likeness (QED) is 0.870. The Labute approximate surface area is 152 Å². The van der Waals surface area contributed by atoms with Crippen molar-refractivity contribution in [2.75, 3.05) is 40.5 Å². The standard InChI is InChI=1S/C19H23N3O4/c1-20-17(23)11-19(13-25-2)12-22(9-10-26-19)18(24)15-5-3-7-16-14(15)6-4-8-21-16/h3-8H,9-13H2,1-2H3,(H,20,23). The zero-order valence-corrected chi connectivity index (χ0v) is 15.0. The van der Waals surface area contributed by atoms with Crippen molar-refractivity contribution in [3.63, 3.8) is 0 Å². The van der Waals surface area contributed by atoms with Gasteiger partial charge in [-0.25, -0.2) is 0 Å². The van der Waals surface area contributed by atoms with Gasteiger partial charge in [0.25, 0.3) is 5.91 Å². The number of ether oxygens (including phenoxy) is 2. The molecule has 1 atom stereocenters. The van der Waals surface area contributed by atoms with Gasteiger partial charge in [0.1, 0.15) is 5.60 Å². The molecule has 26 heavy (non-hydrogen) atoms. The highest BCUT2D eigenvalue weighted by Gasteiger charge is 2.40. The molecule has 0 saturated carbocycles. The van der Waals surface area contributed by atoms with Crippen LogP contribution in [-0.4, -0.2) is 67.8 Å². The summed E-state index contributed by atoms with van der Waals surface area (Å²) >= 11 is 0. The van der Waals surface area contributed by atoms with Gasteiger partial charge >= 0.3 is 0 Å². The summed E-state index contributed by atoms with van der Waals surface area (Å²) in [6.45, 7) is 1.36. The first-order chi connectivity index (χ1) is 12.6. The highest BCUT2D eigenvalue weighted by atomic mass is 16.5. The van der Waals surface area contributed by atoms with Crippen LogP contribution in [0.1, 0.15) is 16.8 Å². The number of hydrogen-bond donors (Lipinski definition) is 1. The Morgan fingerprint density at radius 2 is 2.19 bits per heavy atom. The molecule has 1 aromatic carbocycles. The van der Waals surface area contributed by atoms with Gasteiger partial charge in [-0.1, -0.05) is 12.1 Å². The number of nitrogens with zero attached hydrogens (tertiary/aromatic N) is 2. The lowest BCUT2D eigenvalue weighted by Crippen LogP contribution is -2.57. The summed E-state index contributed by atoms with van der Waals surface area (Å²) in [6.07, 6.45) is 1.84. The second kappa shape index (κ2) is 7.80. The predicted octanol–water partition coefficient (Wildman–Crippen LogP) is 1.23. The molecule has 0 radical (unpaired) electrons. The number of methoxy groups -OCH3 is 1. The summed E-state index contributed by atoms with van der Waals surface area (Å²) in [4.78, 5) is 31.1.